The van der Waals surface area contributed by atoms with Crippen LogP contribution in [0.25, 0.3) is 0 Å². The lowest BCUT2D eigenvalue weighted by Gasteiger charge is -2.22. The molecular formula is C26H48F2. The number of hydrogen-bond donors (Lipinski definition) is 0. The van der Waals surface area contributed by atoms with Crippen molar-refractivity contribution in [2.75, 3.05) is 0 Å². The fourth-order valence-electron chi connectivity index (χ4n) is 3.60. The van der Waals surface area contributed by atoms with Crippen molar-refractivity contribution in [2.24, 2.45) is 23.7 Å². The van der Waals surface area contributed by atoms with Crippen LogP contribution >= 0.6 is 0 Å². The van der Waals surface area contributed by atoms with Gasteiger partial charge in [-0.25, -0.2) is 8.78 Å². The Morgan fingerprint density at radius 3 is 0.893 bits per heavy atom. The van der Waals surface area contributed by atoms with E-state index >= 15 is 0 Å². The molecule has 0 aromatic heterocycles. The van der Waals surface area contributed by atoms with Gasteiger partial charge >= 0.3 is 0 Å². The van der Waals surface area contributed by atoms with E-state index < -0.39 is 11.6 Å². The van der Waals surface area contributed by atoms with Crippen LogP contribution in [0.2, 0.25) is 0 Å². The Morgan fingerprint density at radius 2 is 0.714 bits per heavy atom. The first-order chi connectivity index (χ1) is 12.2. The molecule has 1 aromatic carbocycles. The summed E-state index contributed by atoms with van der Waals surface area (Å²) in [5, 5.41) is 0. The summed E-state index contributed by atoms with van der Waals surface area (Å²) in [4.78, 5) is 0. The third kappa shape index (κ3) is 11.2. The van der Waals surface area contributed by atoms with E-state index in [0.717, 1.165) is 23.7 Å². The van der Waals surface area contributed by atoms with E-state index in [1.165, 1.54) is 65.2 Å². The van der Waals surface area contributed by atoms with Gasteiger partial charge < -0.3 is 0 Å². The monoisotopic (exact) mass is 398 g/mol. The summed E-state index contributed by atoms with van der Waals surface area (Å²) in [6, 6.07) is 3.13. The molecule has 166 valence electrons. The fourth-order valence-corrected chi connectivity index (χ4v) is 3.60. The molecule has 28 heavy (non-hydrogen) atoms. The summed E-state index contributed by atoms with van der Waals surface area (Å²) in [5.41, 5.74) is 0.700. The first kappa shape index (κ1) is 29.3. The van der Waals surface area contributed by atoms with Gasteiger partial charge in [0.25, 0.3) is 0 Å². The Hall–Kier alpha value is -0.920. The van der Waals surface area contributed by atoms with Gasteiger partial charge in [0.05, 0.1) is 0 Å². The highest BCUT2D eigenvalue weighted by Gasteiger charge is 2.13. The van der Waals surface area contributed by atoms with Gasteiger partial charge in [0.15, 0.2) is 11.6 Å². The maximum atomic E-state index is 12.6. The minimum atomic E-state index is -0.736. The minimum absolute atomic E-state index is 0. The van der Waals surface area contributed by atoms with Crippen LogP contribution in [0.3, 0.4) is 0 Å². The van der Waals surface area contributed by atoms with Gasteiger partial charge in [0, 0.05) is 0 Å². The lowest BCUT2D eigenvalue weighted by Crippen LogP contribution is -2.08. The highest BCUT2D eigenvalue weighted by Crippen LogP contribution is 2.27. The highest BCUT2D eigenvalue weighted by atomic mass is 19.2. The Labute approximate surface area is 175 Å². The average molecular weight is 399 g/mol. The summed E-state index contributed by atoms with van der Waals surface area (Å²) in [7, 11) is 0. The second kappa shape index (κ2) is 15.0. The smallest absolute Gasteiger partial charge is 0.161 e. The maximum absolute atomic E-state index is 12.6. The third-order valence-corrected chi connectivity index (χ3v) is 6.08. The van der Waals surface area contributed by atoms with Crippen molar-refractivity contribution in [3.8, 4) is 0 Å². The normalized spacial score (nSPS) is 26.3. The van der Waals surface area contributed by atoms with Crippen LogP contribution in [0.5, 0.6) is 0 Å². The molecule has 0 radical (unpaired) electrons. The number of halogens is 2. The zero-order valence-corrected chi connectivity index (χ0v) is 17.9. The highest BCUT2D eigenvalue weighted by molar-refractivity contribution is 5.23. The summed E-state index contributed by atoms with van der Waals surface area (Å²) in [6.45, 7) is 12.5. The van der Waals surface area contributed by atoms with Crippen LogP contribution < -0.4 is 0 Å². The molecular weight excluding hydrogens is 350 g/mol. The second-order valence-electron chi connectivity index (χ2n) is 9.06. The van der Waals surface area contributed by atoms with Crippen molar-refractivity contribution in [1.82, 2.24) is 0 Å². The molecule has 2 fully saturated rings. The molecule has 0 unspecified atom stereocenters. The van der Waals surface area contributed by atoms with E-state index in [0.29, 0.717) is 11.1 Å². The van der Waals surface area contributed by atoms with Crippen molar-refractivity contribution in [2.45, 2.75) is 108 Å². The quantitative estimate of drug-likeness (QED) is 0.408. The van der Waals surface area contributed by atoms with Gasteiger partial charge in [0.1, 0.15) is 0 Å². The van der Waals surface area contributed by atoms with Crippen molar-refractivity contribution in [3.63, 3.8) is 0 Å². The molecule has 0 atom stereocenters. The molecule has 0 heterocycles. The van der Waals surface area contributed by atoms with Crippen LogP contribution in [0.4, 0.5) is 8.78 Å². The summed E-state index contributed by atoms with van der Waals surface area (Å²) in [6.07, 6.45) is 11.8. The Balaban J connectivity index is 0. The largest absolute Gasteiger partial charge is 0.203 e. The lowest BCUT2D eigenvalue weighted by atomic mass is 9.84. The zero-order chi connectivity index (χ0) is 19.7. The first-order valence-corrected chi connectivity index (χ1v) is 10.6. The molecule has 0 bridgehead atoms. The summed E-state index contributed by atoms with van der Waals surface area (Å²) >= 11 is 0. The van der Waals surface area contributed by atoms with Gasteiger partial charge in [-0.3, -0.25) is 0 Å². The molecule has 0 spiro atoms. The van der Waals surface area contributed by atoms with E-state index in [1.54, 1.807) is 12.1 Å². The van der Waals surface area contributed by atoms with Crippen molar-refractivity contribution in [3.05, 3.63) is 34.9 Å². The Morgan fingerprint density at radius 1 is 0.536 bits per heavy atom. The van der Waals surface area contributed by atoms with Gasteiger partial charge in [-0.2, -0.15) is 0 Å². The predicted molar refractivity (Wildman–Crippen MR) is 123 cm³/mol. The van der Waals surface area contributed by atoms with Crippen molar-refractivity contribution >= 4 is 0 Å². The molecule has 0 aliphatic heterocycles. The van der Waals surface area contributed by atoms with Crippen LogP contribution in [0, 0.1) is 49.2 Å². The maximum Gasteiger partial charge on any atom is 0.161 e. The van der Waals surface area contributed by atoms with Gasteiger partial charge in [-0.1, -0.05) is 106 Å². The van der Waals surface area contributed by atoms with Gasteiger partial charge in [-0.15, -0.1) is 0 Å². The van der Waals surface area contributed by atoms with Crippen molar-refractivity contribution < 1.29 is 8.78 Å². The summed E-state index contributed by atoms with van der Waals surface area (Å²) in [5.74, 6) is 2.61. The number of aryl methyl sites for hydroxylation is 2. The molecule has 3 rings (SSSR count). The van der Waals surface area contributed by atoms with E-state index in [-0.39, 0.29) is 14.9 Å². The molecule has 0 amide bonds. The summed E-state index contributed by atoms with van der Waals surface area (Å²) < 4.78 is 25.2. The second-order valence-corrected chi connectivity index (χ2v) is 9.06. The van der Waals surface area contributed by atoms with E-state index in [4.69, 9.17) is 0 Å². The SMILES string of the molecule is C.C.CC1CCC(C)CC1.CC1CCC(C)CC1.Cc1ccc(C)c(F)c1F. The van der Waals surface area contributed by atoms with E-state index in [1.807, 2.05) is 0 Å². The van der Waals surface area contributed by atoms with Crippen LogP contribution in [0.15, 0.2) is 12.1 Å². The van der Waals surface area contributed by atoms with E-state index in [9.17, 15) is 8.78 Å². The van der Waals surface area contributed by atoms with Crippen LogP contribution in [0.1, 0.15) is 105 Å². The molecule has 0 nitrogen and oxygen atoms in total. The number of benzene rings is 1. The minimum Gasteiger partial charge on any atom is -0.203 e. The number of hydrogen-bond acceptors (Lipinski definition) is 0. The molecule has 2 aliphatic carbocycles. The topological polar surface area (TPSA) is 0 Å². The first-order valence-electron chi connectivity index (χ1n) is 10.6. The van der Waals surface area contributed by atoms with Crippen LogP contribution in [-0.4, -0.2) is 0 Å². The average Bonchev–Trinajstić information content (AvgIpc) is 2.63. The molecule has 1 aromatic rings. The molecule has 2 saturated carbocycles. The Bertz CT molecular complexity index is 440. The molecule has 2 aliphatic rings. The third-order valence-electron chi connectivity index (χ3n) is 6.08. The van der Waals surface area contributed by atoms with Crippen LogP contribution in [-0.2, 0) is 0 Å². The van der Waals surface area contributed by atoms with Gasteiger partial charge in [-0.05, 0) is 48.6 Å². The van der Waals surface area contributed by atoms with Gasteiger partial charge in [0.2, 0.25) is 0 Å². The van der Waals surface area contributed by atoms with Crippen molar-refractivity contribution in [1.29, 1.82) is 0 Å². The standard InChI is InChI=1S/C8H8F2.2C8H16.2CH4/c1-5-3-4-6(2)8(10)7(5)9;2*1-7-3-5-8(2)6-4-7;;/h3-4H,1-2H3;2*7-8H,3-6H2,1-2H3;2*1H4. The lowest BCUT2D eigenvalue weighted by molar-refractivity contribution is 0.308. The Kier molecular flexibility index (Phi) is 15.7. The molecule has 0 saturated heterocycles. The number of rotatable bonds is 0. The molecule has 0 N–H and O–H groups in total. The predicted octanol–water partition coefficient (Wildman–Crippen LogP) is 9.52. The zero-order valence-electron chi connectivity index (χ0n) is 17.9. The van der Waals surface area contributed by atoms with E-state index in [2.05, 4.69) is 27.7 Å². The fraction of sp³-hybridized carbons (Fsp3) is 0.769. The molecule has 2 heteroatoms.